The minimum absolute atomic E-state index is 0. The molecule has 0 saturated carbocycles. The van der Waals surface area contributed by atoms with Crippen molar-refractivity contribution in [3.8, 4) is 0 Å². The van der Waals surface area contributed by atoms with E-state index in [4.69, 9.17) is 0 Å². The molecule has 0 bridgehead atoms. The molecular weight excluding hydrogens is 417 g/mol. The Labute approximate surface area is 165 Å². The molecule has 3 N–H and O–H groups in total. The molecule has 0 aromatic rings. The lowest BCUT2D eigenvalue weighted by atomic mass is 10.2. The van der Waals surface area contributed by atoms with Gasteiger partial charge < -0.3 is 16.0 Å². The smallest absolute Gasteiger partial charge is 0.221 e. The Morgan fingerprint density at radius 3 is 2.04 bits per heavy atom. The van der Waals surface area contributed by atoms with E-state index in [9.17, 15) is 4.79 Å². The quantitative estimate of drug-likeness (QED) is 0.269. The molecule has 0 aromatic heterocycles. The molecular formula is C17H38IN5O. The molecule has 0 aromatic carbocycles. The van der Waals surface area contributed by atoms with Gasteiger partial charge in [0.1, 0.15) is 0 Å². The van der Waals surface area contributed by atoms with Gasteiger partial charge in [0.2, 0.25) is 5.91 Å². The predicted molar refractivity (Wildman–Crippen MR) is 114 cm³/mol. The maximum Gasteiger partial charge on any atom is 0.221 e. The standard InChI is InChI=1S/C17H37N5O.HI/c1-8-15(6)21-16(23)9-10-19-17(18-7)20-11-12-22(13(2)3)14(4)5;/h13-15H,8-12H2,1-7H3,(H,21,23)(H2,18,19,20);1H. The number of aliphatic imine (C=N–C) groups is 1. The van der Waals surface area contributed by atoms with Gasteiger partial charge in [0.25, 0.3) is 0 Å². The summed E-state index contributed by atoms with van der Waals surface area (Å²) in [7, 11) is 1.75. The van der Waals surface area contributed by atoms with Crippen molar-refractivity contribution in [2.75, 3.05) is 26.7 Å². The van der Waals surface area contributed by atoms with Gasteiger partial charge in [-0.2, -0.15) is 0 Å². The van der Waals surface area contributed by atoms with E-state index in [0.29, 0.717) is 25.0 Å². The van der Waals surface area contributed by atoms with Crippen LogP contribution in [0.15, 0.2) is 4.99 Å². The normalized spacial score (nSPS) is 13.0. The average Bonchev–Trinajstić information content (AvgIpc) is 2.48. The lowest BCUT2D eigenvalue weighted by Gasteiger charge is -2.30. The third kappa shape index (κ3) is 11.9. The topological polar surface area (TPSA) is 68.8 Å². The summed E-state index contributed by atoms with van der Waals surface area (Å²) in [6, 6.07) is 1.28. The molecule has 1 amide bonds. The molecule has 0 radical (unpaired) electrons. The van der Waals surface area contributed by atoms with Crippen molar-refractivity contribution in [2.24, 2.45) is 4.99 Å². The zero-order valence-electron chi connectivity index (χ0n) is 16.5. The average molecular weight is 455 g/mol. The van der Waals surface area contributed by atoms with Gasteiger partial charge in [-0.05, 0) is 41.0 Å². The van der Waals surface area contributed by atoms with Crippen molar-refractivity contribution in [3.63, 3.8) is 0 Å². The van der Waals surface area contributed by atoms with E-state index in [1.54, 1.807) is 7.05 Å². The third-order valence-electron chi connectivity index (χ3n) is 3.88. The van der Waals surface area contributed by atoms with E-state index in [1.807, 2.05) is 6.92 Å². The molecule has 1 atom stereocenters. The third-order valence-corrected chi connectivity index (χ3v) is 3.88. The highest BCUT2D eigenvalue weighted by Crippen LogP contribution is 2.03. The van der Waals surface area contributed by atoms with Crippen LogP contribution in [0.5, 0.6) is 0 Å². The van der Waals surface area contributed by atoms with Crippen LogP contribution in [0.25, 0.3) is 0 Å². The number of guanidine groups is 1. The first kappa shape index (κ1) is 25.7. The first-order valence-electron chi connectivity index (χ1n) is 8.81. The minimum atomic E-state index is 0. The Kier molecular flexibility index (Phi) is 15.8. The van der Waals surface area contributed by atoms with Crippen molar-refractivity contribution in [1.82, 2.24) is 20.9 Å². The van der Waals surface area contributed by atoms with Crippen LogP contribution < -0.4 is 16.0 Å². The maximum atomic E-state index is 11.7. The predicted octanol–water partition coefficient (Wildman–Crippen LogP) is 2.19. The number of nitrogens with zero attached hydrogens (tertiary/aromatic N) is 2. The highest BCUT2D eigenvalue weighted by atomic mass is 127. The number of hydrogen-bond donors (Lipinski definition) is 3. The molecule has 0 saturated heterocycles. The van der Waals surface area contributed by atoms with E-state index in [2.05, 4.69) is 60.5 Å². The largest absolute Gasteiger partial charge is 0.356 e. The lowest BCUT2D eigenvalue weighted by Crippen LogP contribution is -2.46. The zero-order chi connectivity index (χ0) is 17.8. The minimum Gasteiger partial charge on any atom is -0.356 e. The fraction of sp³-hybridized carbons (Fsp3) is 0.882. The van der Waals surface area contributed by atoms with Gasteiger partial charge in [-0.25, -0.2) is 0 Å². The second-order valence-corrected chi connectivity index (χ2v) is 6.48. The summed E-state index contributed by atoms with van der Waals surface area (Å²) < 4.78 is 0. The molecule has 144 valence electrons. The number of hydrogen-bond acceptors (Lipinski definition) is 3. The molecule has 6 nitrogen and oxygen atoms in total. The van der Waals surface area contributed by atoms with Crippen molar-refractivity contribution in [2.45, 2.75) is 72.5 Å². The highest BCUT2D eigenvalue weighted by molar-refractivity contribution is 14.0. The fourth-order valence-corrected chi connectivity index (χ4v) is 2.38. The van der Waals surface area contributed by atoms with E-state index >= 15 is 0 Å². The van der Waals surface area contributed by atoms with Crippen molar-refractivity contribution in [3.05, 3.63) is 0 Å². The van der Waals surface area contributed by atoms with Gasteiger partial charge in [-0.1, -0.05) is 6.92 Å². The van der Waals surface area contributed by atoms with Gasteiger partial charge in [-0.3, -0.25) is 14.7 Å². The number of amides is 1. The van der Waals surface area contributed by atoms with Crippen LogP contribution in [0.3, 0.4) is 0 Å². The summed E-state index contributed by atoms with van der Waals surface area (Å²) in [5.74, 6) is 0.821. The van der Waals surface area contributed by atoms with Gasteiger partial charge in [0.05, 0.1) is 0 Å². The van der Waals surface area contributed by atoms with Gasteiger partial charge in [0, 0.05) is 51.2 Å². The van der Waals surface area contributed by atoms with E-state index in [-0.39, 0.29) is 35.9 Å². The Hall–Kier alpha value is -0.570. The second kappa shape index (κ2) is 14.7. The second-order valence-electron chi connectivity index (χ2n) is 6.48. The van der Waals surface area contributed by atoms with Crippen LogP contribution in [0.1, 0.15) is 54.4 Å². The van der Waals surface area contributed by atoms with Crippen LogP contribution in [0.2, 0.25) is 0 Å². The van der Waals surface area contributed by atoms with Crippen LogP contribution in [0, 0.1) is 0 Å². The van der Waals surface area contributed by atoms with Gasteiger partial charge in [-0.15, -0.1) is 24.0 Å². The first-order chi connectivity index (χ1) is 10.8. The fourth-order valence-electron chi connectivity index (χ4n) is 2.38. The molecule has 0 heterocycles. The number of rotatable bonds is 10. The van der Waals surface area contributed by atoms with Crippen molar-refractivity contribution >= 4 is 35.8 Å². The Balaban J connectivity index is 0. The molecule has 0 aliphatic heterocycles. The Morgan fingerprint density at radius 2 is 1.58 bits per heavy atom. The lowest BCUT2D eigenvalue weighted by molar-refractivity contribution is -0.121. The summed E-state index contributed by atoms with van der Waals surface area (Å²) >= 11 is 0. The summed E-state index contributed by atoms with van der Waals surface area (Å²) in [4.78, 5) is 18.3. The summed E-state index contributed by atoms with van der Waals surface area (Å²) in [6.45, 7) is 15.3. The number of nitrogens with one attached hydrogen (secondary N) is 3. The van der Waals surface area contributed by atoms with Gasteiger partial charge in [0.15, 0.2) is 5.96 Å². The van der Waals surface area contributed by atoms with Crippen LogP contribution in [-0.2, 0) is 4.79 Å². The van der Waals surface area contributed by atoms with Crippen LogP contribution in [-0.4, -0.2) is 61.6 Å². The van der Waals surface area contributed by atoms with Gasteiger partial charge >= 0.3 is 0 Å². The summed E-state index contributed by atoms with van der Waals surface area (Å²) in [6.07, 6.45) is 1.40. The van der Waals surface area contributed by atoms with Crippen LogP contribution >= 0.6 is 24.0 Å². The molecule has 1 unspecified atom stereocenters. The molecule has 0 rings (SSSR count). The van der Waals surface area contributed by atoms with E-state index in [1.165, 1.54) is 0 Å². The number of carbonyl (C=O) groups is 1. The highest BCUT2D eigenvalue weighted by Gasteiger charge is 2.12. The SMILES string of the molecule is CCC(C)NC(=O)CCNC(=NC)NCCN(C(C)C)C(C)C.I. The molecule has 0 aliphatic rings. The zero-order valence-corrected chi connectivity index (χ0v) is 18.8. The molecule has 0 fully saturated rings. The van der Waals surface area contributed by atoms with Crippen molar-refractivity contribution in [1.29, 1.82) is 0 Å². The monoisotopic (exact) mass is 455 g/mol. The van der Waals surface area contributed by atoms with E-state index < -0.39 is 0 Å². The Morgan fingerprint density at radius 1 is 1.04 bits per heavy atom. The molecule has 0 spiro atoms. The number of halogens is 1. The molecule has 7 heteroatoms. The first-order valence-corrected chi connectivity index (χ1v) is 8.81. The maximum absolute atomic E-state index is 11.7. The van der Waals surface area contributed by atoms with Crippen LogP contribution in [0.4, 0.5) is 0 Å². The van der Waals surface area contributed by atoms with Crippen molar-refractivity contribution < 1.29 is 4.79 Å². The molecule has 0 aliphatic carbocycles. The Bertz CT molecular complexity index is 353. The number of carbonyl (C=O) groups excluding carboxylic acids is 1. The van der Waals surface area contributed by atoms with E-state index in [0.717, 1.165) is 25.5 Å². The molecule has 24 heavy (non-hydrogen) atoms. The summed E-state index contributed by atoms with van der Waals surface area (Å²) in [5, 5.41) is 9.44. The summed E-state index contributed by atoms with van der Waals surface area (Å²) in [5.41, 5.74) is 0.